The first kappa shape index (κ1) is 23.3. The summed E-state index contributed by atoms with van der Waals surface area (Å²) in [4.78, 5) is 37.4. The lowest BCUT2D eigenvalue weighted by atomic mass is 9.89. The van der Waals surface area contributed by atoms with Crippen molar-refractivity contribution in [3.8, 4) is 0 Å². The summed E-state index contributed by atoms with van der Waals surface area (Å²) in [5, 5.41) is 8.48. The third-order valence-electron chi connectivity index (χ3n) is 4.73. The second-order valence-electron chi connectivity index (χ2n) is 8.57. The molecular formula is C22H33N3O3S. The number of rotatable bonds is 8. The highest BCUT2D eigenvalue weighted by Gasteiger charge is 2.17. The average molecular weight is 420 g/mol. The molecule has 1 aliphatic rings. The van der Waals surface area contributed by atoms with E-state index in [0.717, 1.165) is 11.4 Å². The van der Waals surface area contributed by atoms with Crippen molar-refractivity contribution in [2.75, 3.05) is 18.8 Å². The zero-order valence-corrected chi connectivity index (χ0v) is 18.5. The van der Waals surface area contributed by atoms with E-state index in [0.29, 0.717) is 11.5 Å². The monoisotopic (exact) mass is 419 g/mol. The van der Waals surface area contributed by atoms with Crippen LogP contribution < -0.4 is 16.0 Å². The molecule has 0 spiro atoms. The molecule has 0 aromatic heterocycles. The normalized spacial score (nSPS) is 14.9. The van der Waals surface area contributed by atoms with Crippen molar-refractivity contribution in [3.63, 3.8) is 0 Å². The summed E-state index contributed by atoms with van der Waals surface area (Å²) in [5.41, 5.74) is 0.127. The van der Waals surface area contributed by atoms with Crippen LogP contribution in [0.3, 0.4) is 0 Å². The van der Waals surface area contributed by atoms with Gasteiger partial charge in [-0.1, -0.05) is 31.4 Å². The standard InChI is InChI=1S/C22H33N3O3S/c1-22(2,3)25-19(26)14-24-21(28)17-11-7-8-12-18(17)29-15-20(27)23-13-16-9-5-4-6-10-16/h7-8,11-12,16H,4-6,9-10,13-15H2,1-3H3,(H,23,27)(H,24,28)(H,25,26). The quantitative estimate of drug-likeness (QED) is 0.565. The molecule has 0 radical (unpaired) electrons. The van der Waals surface area contributed by atoms with E-state index in [9.17, 15) is 14.4 Å². The van der Waals surface area contributed by atoms with Crippen molar-refractivity contribution in [2.24, 2.45) is 5.92 Å². The van der Waals surface area contributed by atoms with E-state index in [2.05, 4.69) is 16.0 Å². The van der Waals surface area contributed by atoms with Crippen LogP contribution in [0.2, 0.25) is 0 Å². The molecule has 1 saturated carbocycles. The molecule has 0 unspecified atom stereocenters. The maximum Gasteiger partial charge on any atom is 0.252 e. The van der Waals surface area contributed by atoms with Gasteiger partial charge in [0.05, 0.1) is 17.9 Å². The molecule has 0 bridgehead atoms. The number of thioether (sulfide) groups is 1. The highest BCUT2D eigenvalue weighted by molar-refractivity contribution is 8.00. The second-order valence-corrected chi connectivity index (χ2v) is 9.59. The lowest BCUT2D eigenvalue weighted by Gasteiger charge is -2.21. The van der Waals surface area contributed by atoms with Gasteiger partial charge in [-0.25, -0.2) is 0 Å². The minimum atomic E-state index is -0.347. The molecule has 2 rings (SSSR count). The number of nitrogens with one attached hydrogen (secondary N) is 3. The molecule has 1 fully saturated rings. The number of carbonyl (C=O) groups is 3. The summed E-state index contributed by atoms with van der Waals surface area (Å²) in [6, 6.07) is 7.14. The van der Waals surface area contributed by atoms with Gasteiger partial charge >= 0.3 is 0 Å². The molecule has 0 saturated heterocycles. The zero-order valence-electron chi connectivity index (χ0n) is 17.7. The first-order valence-electron chi connectivity index (χ1n) is 10.3. The van der Waals surface area contributed by atoms with Crippen LogP contribution in [0.1, 0.15) is 63.2 Å². The first-order chi connectivity index (χ1) is 13.7. The Kier molecular flexibility index (Phi) is 9.01. The molecule has 3 N–H and O–H groups in total. The summed E-state index contributed by atoms with van der Waals surface area (Å²) in [5.74, 6) is 0.287. The van der Waals surface area contributed by atoms with Crippen LogP contribution in [0.15, 0.2) is 29.2 Å². The molecule has 0 atom stereocenters. The summed E-state index contributed by atoms with van der Waals surface area (Å²) in [7, 11) is 0. The molecule has 29 heavy (non-hydrogen) atoms. The minimum absolute atomic E-state index is 0.0136. The van der Waals surface area contributed by atoms with Crippen molar-refractivity contribution in [2.45, 2.75) is 63.3 Å². The van der Waals surface area contributed by atoms with Crippen molar-refractivity contribution >= 4 is 29.5 Å². The Morgan fingerprint density at radius 2 is 1.69 bits per heavy atom. The largest absolute Gasteiger partial charge is 0.355 e. The van der Waals surface area contributed by atoms with Gasteiger partial charge in [0, 0.05) is 17.0 Å². The topological polar surface area (TPSA) is 87.3 Å². The van der Waals surface area contributed by atoms with Gasteiger partial charge in [0.15, 0.2) is 0 Å². The number of benzene rings is 1. The second kappa shape index (κ2) is 11.2. The van der Waals surface area contributed by atoms with Crippen molar-refractivity contribution in [1.82, 2.24) is 16.0 Å². The molecule has 7 heteroatoms. The summed E-state index contributed by atoms with van der Waals surface area (Å²) in [6.45, 7) is 6.31. The van der Waals surface area contributed by atoms with E-state index >= 15 is 0 Å². The Bertz CT molecular complexity index is 709. The summed E-state index contributed by atoms with van der Waals surface area (Å²) >= 11 is 1.34. The van der Waals surface area contributed by atoms with E-state index < -0.39 is 0 Å². The van der Waals surface area contributed by atoms with Gasteiger partial charge in [0.25, 0.3) is 5.91 Å². The molecule has 0 aliphatic heterocycles. The van der Waals surface area contributed by atoms with E-state index in [1.165, 1.54) is 43.9 Å². The third-order valence-corrected chi connectivity index (χ3v) is 5.80. The number of amides is 3. The van der Waals surface area contributed by atoms with Crippen molar-refractivity contribution < 1.29 is 14.4 Å². The minimum Gasteiger partial charge on any atom is -0.355 e. The van der Waals surface area contributed by atoms with Crippen LogP contribution in [0.4, 0.5) is 0 Å². The SMILES string of the molecule is CC(C)(C)NC(=O)CNC(=O)c1ccccc1SCC(=O)NCC1CCCCC1. The van der Waals surface area contributed by atoms with Crippen LogP contribution >= 0.6 is 11.8 Å². The van der Waals surface area contributed by atoms with Crippen LogP contribution in [0.25, 0.3) is 0 Å². The van der Waals surface area contributed by atoms with Gasteiger partial charge in [-0.3, -0.25) is 14.4 Å². The Labute approximate surface area is 178 Å². The van der Waals surface area contributed by atoms with Crippen molar-refractivity contribution in [3.05, 3.63) is 29.8 Å². The molecule has 3 amide bonds. The average Bonchev–Trinajstić information content (AvgIpc) is 2.68. The van der Waals surface area contributed by atoms with Crippen LogP contribution in [0.5, 0.6) is 0 Å². The highest BCUT2D eigenvalue weighted by Crippen LogP contribution is 2.24. The fourth-order valence-corrected chi connectivity index (χ4v) is 4.22. The molecule has 1 aromatic carbocycles. The van der Waals surface area contributed by atoms with E-state index in [1.54, 1.807) is 12.1 Å². The fraction of sp³-hybridized carbons (Fsp3) is 0.591. The lowest BCUT2D eigenvalue weighted by Crippen LogP contribution is -2.45. The van der Waals surface area contributed by atoms with E-state index in [4.69, 9.17) is 0 Å². The van der Waals surface area contributed by atoms with Gasteiger partial charge in [-0.15, -0.1) is 11.8 Å². The number of hydrogen-bond donors (Lipinski definition) is 3. The van der Waals surface area contributed by atoms with Gasteiger partial charge in [0.1, 0.15) is 0 Å². The Balaban J connectivity index is 1.81. The molecule has 6 nitrogen and oxygen atoms in total. The maximum atomic E-state index is 12.5. The highest BCUT2D eigenvalue weighted by atomic mass is 32.2. The van der Waals surface area contributed by atoms with Crippen molar-refractivity contribution in [1.29, 1.82) is 0 Å². The van der Waals surface area contributed by atoms with Gasteiger partial charge in [0.2, 0.25) is 11.8 Å². The van der Waals surface area contributed by atoms with Gasteiger partial charge in [-0.05, 0) is 51.7 Å². The van der Waals surface area contributed by atoms with Crippen LogP contribution in [-0.4, -0.2) is 42.1 Å². The first-order valence-corrected chi connectivity index (χ1v) is 11.3. The Morgan fingerprint density at radius 3 is 2.38 bits per heavy atom. The number of hydrogen-bond acceptors (Lipinski definition) is 4. The molecule has 1 aromatic rings. The van der Waals surface area contributed by atoms with Gasteiger partial charge in [-0.2, -0.15) is 0 Å². The fourth-order valence-electron chi connectivity index (χ4n) is 3.34. The summed E-state index contributed by atoms with van der Waals surface area (Å²) in [6.07, 6.45) is 6.20. The van der Waals surface area contributed by atoms with E-state index in [-0.39, 0.29) is 35.6 Å². The Morgan fingerprint density at radius 1 is 1.00 bits per heavy atom. The Hall–Kier alpha value is -2.02. The lowest BCUT2D eigenvalue weighted by molar-refractivity contribution is -0.121. The van der Waals surface area contributed by atoms with E-state index in [1.807, 2.05) is 32.9 Å². The van der Waals surface area contributed by atoms with Crippen LogP contribution in [-0.2, 0) is 9.59 Å². The number of carbonyl (C=O) groups excluding carboxylic acids is 3. The zero-order chi connectivity index (χ0) is 21.3. The van der Waals surface area contributed by atoms with Gasteiger partial charge < -0.3 is 16.0 Å². The molecule has 1 aliphatic carbocycles. The molecule has 160 valence electrons. The predicted molar refractivity (Wildman–Crippen MR) is 117 cm³/mol. The third kappa shape index (κ3) is 8.90. The summed E-state index contributed by atoms with van der Waals surface area (Å²) < 4.78 is 0. The molecular weight excluding hydrogens is 386 g/mol. The smallest absolute Gasteiger partial charge is 0.252 e. The van der Waals surface area contributed by atoms with Crippen LogP contribution in [0, 0.1) is 5.92 Å². The maximum absolute atomic E-state index is 12.5. The molecule has 0 heterocycles. The predicted octanol–water partition coefficient (Wildman–Crippen LogP) is 3.12.